The van der Waals surface area contributed by atoms with Crippen molar-refractivity contribution in [3.8, 4) is 0 Å². The van der Waals surface area contributed by atoms with Crippen molar-refractivity contribution in [3.63, 3.8) is 0 Å². The van der Waals surface area contributed by atoms with Gasteiger partial charge in [-0.25, -0.2) is 0 Å². The van der Waals surface area contributed by atoms with Crippen LogP contribution in [0.25, 0.3) is 0 Å². The number of rotatable bonds is 6. The lowest BCUT2D eigenvalue weighted by Gasteiger charge is -2.14. The Morgan fingerprint density at radius 2 is 2.00 bits per heavy atom. The van der Waals surface area contributed by atoms with Crippen molar-refractivity contribution in [1.29, 1.82) is 0 Å². The molecule has 0 saturated carbocycles. The van der Waals surface area contributed by atoms with Crippen molar-refractivity contribution in [2.24, 2.45) is 11.7 Å². The van der Waals surface area contributed by atoms with Gasteiger partial charge in [0.25, 0.3) is 0 Å². The van der Waals surface area contributed by atoms with Gasteiger partial charge in [-0.05, 0) is 42.5 Å². The van der Waals surface area contributed by atoms with E-state index in [0.29, 0.717) is 19.0 Å². The summed E-state index contributed by atoms with van der Waals surface area (Å²) in [7, 11) is 0. The summed E-state index contributed by atoms with van der Waals surface area (Å²) in [5.74, 6) is 0.574. The average Bonchev–Trinajstić information content (AvgIpc) is 2.37. The van der Waals surface area contributed by atoms with Crippen molar-refractivity contribution in [3.05, 3.63) is 34.9 Å². The van der Waals surface area contributed by atoms with E-state index in [1.165, 1.54) is 16.7 Å². The average molecular weight is 262 g/mol. The molecule has 0 spiro atoms. The highest BCUT2D eigenvalue weighted by Gasteiger charge is 2.12. The Bertz CT molecular complexity index is 427. The summed E-state index contributed by atoms with van der Waals surface area (Å²) in [5, 5.41) is 3.00. The van der Waals surface area contributed by atoms with Gasteiger partial charge >= 0.3 is 0 Å². The highest BCUT2D eigenvalue weighted by atomic mass is 16.1. The molecule has 0 saturated heterocycles. The first kappa shape index (κ1) is 15.7. The molecule has 3 nitrogen and oxygen atoms in total. The Hall–Kier alpha value is -1.35. The molecule has 106 valence electrons. The first-order valence-corrected chi connectivity index (χ1v) is 7.03. The van der Waals surface area contributed by atoms with Crippen LogP contribution >= 0.6 is 0 Å². The topological polar surface area (TPSA) is 55.1 Å². The third-order valence-electron chi connectivity index (χ3n) is 3.54. The van der Waals surface area contributed by atoms with Gasteiger partial charge < -0.3 is 11.1 Å². The summed E-state index contributed by atoms with van der Waals surface area (Å²) in [5.41, 5.74) is 9.19. The molecule has 0 aliphatic rings. The minimum absolute atomic E-state index is 0.0152. The highest BCUT2D eigenvalue weighted by Crippen LogP contribution is 2.18. The number of nitrogens with two attached hydrogens (primary N) is 1. The number of benzene rings is 1. The van der Waals surface area contributed by atoms with Crippen molar-refractivity contribution < 1.29 is 4.79 Å². The maximum Gasteiger partial charge on any atom is 0.223 e. The number of aryl methyl sites for hydroxylation is 1. The van der Waals surface area contributed by atoms with Crippen LogP contribution in [0.2, 0.25) is 0 Å². The monoisotopic (exact) mass is 262 g/mol. The quantitative estimate of drug-likeness (QED) is 0.828. The molecule has 1 rings (SSSR count). The molecule has 0 aliphatic heterocycles. The van der Waals surface area contributed by atoms with Crippen LogP contribution in [0.1, 0.15) is 49.8 Å². The Balaban J connectivity index is 2.67. The number of hydrogen-bond acceptors (Lipinski definition) is 2. The molecule has 1 unspecified atom stereocenters. The zero-order valence-corrected chi connectivity index (χ0v) is 12.5. The summed E-state index contributed by atoms with van der Waals surface area (Å²) in [6.45, 7) is 9.50. The van der Waals surface area contributed by atoms with Crippen molar-refractivity contribution >= 4 is 5.91 Å². The normalized spacial score (nSPS) is 12.5. The van der Waals surface area contributed by atoms with E-state index in [1.54, 1.807) is 0 Å². The van der Waals surface area contributed by atoms with Gasteiger partial charge in [0.15, 0.2) is 0 Å². The van der Waals surface area contributed by atoms with Crippen LogP contribution < -0.4 is 11.1 Å². The molecule has 1 aromatic carbocycles. The number of amides is 1. The minimum atomic E-state index is -0.0152. The van der Waals surface area contributed by atoms with Crippen LogP contribution in [0.3, 0.4) is 0 Å². The summed E-state index contributed by atoms with van der Waals surface area (Å²) >= 11 is 0. The zero-order chi connectivity index (χ0) is 14.4. The Morgan fingerprint density at radius 3 is 2.58 bits per heavy atom. The van der Waals surface area contributed by atoms with Gasteiger partial charge in [0.2, 0.25) is 5.91 Å². The largest absolute Gasteiger partial charge is 0.352 e. The fraction of sp³-hybridized carbons (Fsp3) is 0.562. The predicted molar refractivity (Wildman–Crippen MR) is 80.0 cm³/mol. The standard InChI is InChI=1S/C16H26N2O/c1-11(2)14-6-5-12(3)15(9-14)10-18-16(19)13(4)7-8-17/h5-6,9,11,13H,7-8,10,17H2,1-4H3,(H,18,19). The van der Waals surface area contributed by atoms with E-state index in [-0.39, 0.29) is 11.8 Å². The van der Waals surface area contributed by atoms with Crippen LogP contribution in [-0.4, -0.2) is 12.5 Å². The van der Waals surface area contributed by atoms with Crippen LogP contribution in [0.4, 0.5) is 0 Å². The smallest absolute Gasteiger partial charge is 0.223 e. The second-order valence-electron chi connectivity index (χ2n) is 5.54. The Labute approximate surface area is 116 Å². The number of nitrogens with one attached hydrogen (secondary N) is 1. The SMILES string of the molecule is Cc1ccc(C(C)C)cc1CNC(=O)C(C)CCN. The molecule has 3 N–H and O–H groups in total. The van der Waals surface area contributed by atoms with E-state index >= 15 is 0 Å². The van der Waals surface area contributed by atoms with E-state index in [2.05, 4.69) is 44.3 Å². The van der Waals surface area contributed by atoms with Gasteiger partial charge in [0, 0.05) is 12.5 Å². The van der Waals surface area contributed by atoms with Crippen LogP contribution in [0.15, 0.2) is 18.2 Å². The fourth-order valence-corrected chi connectivity index (χ4v) is 1.98. The van der Waals surface area contributed by atoms with Gasteiger partial charge in [-0.15, -0.1) is 0 Å². The molecule has 0 aliphatic carbocycles. The lowest BCUT2D eigenvalue weighted by molar-refractivity contribution is -0.124. The fourth-order valence-electron chi connectivity index (χ4n) is 1.98. The molecule has 19 heavy (non-hydrogen) atoms. The molecule has 1 amide bonds. The number of hydrogen-bond donors (Lipinski definition) is 2. The molecular weight excluding hydrogens is 236 g/mol. The second-order valence-corrected chi connectivity index (χ2v) is 5.54. The maximum atomic E-state index is 11.9. The lowest BCUT2D eigenvalue weighted by atomic mass is 9.97. The zero-order valence-electron chi connectivity index (χ0n) is 12.5. The van der Waals surface area contributed by atoms with Gasteiger partial charge in [0.1, 0.15) is 0 Å². The summed E-state index contributed by atoms with van der Waals surface area (Å²) in [6, 6.07) is 6.47. The van der Waals surface area contributed by atoms with E-state index in [1.807, 2.05) is 6.92 Å². The summed E-state index contributed by atoms with van der Waals surface area (Å²) in [6.07, 6.45) is 0.733. The highest BCUT2D eigenvalue weighted by molar-refractivity contribution is 5.78. The maximum absolute atomic E-state index is 11.9. The van der Waals surface area contributed by atoms with Crippen molar-refractivity contribution in [2.45, 2.75) is 46.6 Å². The third kappa shape index (κ3) is 4.67. The molecule has 0 fully saturated rings. The summed E-state index contributed by atoms with van der Waals surface area (Å²) in [4.78, 5) is 11.9. The molecule has 3 heteroatoms. The molecule has 0 heterocycles. The van der Waals surface area contributed by atoms with Crippen LogP contribution in [0, 0.1) is 12.8 Å². The number of carbonyl (C=O) groups is 1. The van der Waals surface area contributed by atoms with E-state index in [9.17, 15) is 4.79 Å². The van der Waals surface area contributed by atoms with Gasteiger partial charge in [-0.3, -0.25) is 4.79 Å². The first-order chi connectivity index (χ1) is 8.95. The van der Waals surface area contributed by atoms with E-state index in [0.717, 1.165) is 6.42 Å². The molecular formula is C16H26N2O. The van der Waals surface area contributed by atoms with Crippen LogP contribution in [0.5, 0.6) is 0 Å². The number of carbonyl (C=O) groups excluding carboxylic acids is 1. The van der Waals surface area contributed by atoms with Gasteiger partial charge in [-0.2, -0.15) is 0 Å². The van der Waals surface area contributed by atoms with E-state index < -0.39 is 0 Å². The van der Waals surface area contributed by atoms with Crippen molar-refractivity contribution in [2.75, 3.05) is 6.54 Å². The molecule has 1 atom stereocenters. The van der Waals surface area contributed by atoms with Gasteiger partial charge in [-0.1, -0.05) is 39.0 Å². The lowest BCUT2D eigenvalue weighted by Crippen LogP contribution is -2.30. The molecule has 1 aromatic rings. The first-order valence-electron chi connectivity index (χ1n) is 7.03. The van der Waals surface area contributed by atoms with E-state index in [4.69, 9.17) is 5.73 Å². The van der Waals surface area contributed by atoms with Crippen molar-refractivity contribution in [1.82, 2.24) is 5.32 Å². The minimum Gasteiger partial charge on any atom is -0.352 e. The summed E-state index contributed by atoms with van der Waals surface area (Å²) < 4.78 is 0. The second kappa shape index (κ2) is 7.29. The third-order valence-corrected chi connectivity index (χ3v) is 3.54. The molecule has 0 aromatic heterocycles. The Kier molecular flexibility index (Phi) is 6.03. The van der Waals surface area contributed by atoms with Gasteiger partial charge in [0.05, 0.1) is 0 Å². The predicted octanol–water partition coefficient (Wildman–Crippen LogP) is 2.72. The molecule has 0 bridgehead atoms. The molecule has 0 radical (unpaired) electrons. The van der Waals surface area contributed by atoms with Crippen LogP contribution in [-0.2, 0) is 11.3 Å². The Morgan fingerprint density at radius 1 is 1.32 bits per heavy atom.